The van der Waals surface area contributed by atoms with Crippen LogP contribution in [-0.4, -0.2) is 11.9 Å². The van der Waals surface area contributed by atoms with Crippen LogP contribution in [-0.2, 0) is 9.59 Å². The lowest BCUT2D eigenvalue weighted by Gasteiger charge is -2.12. The molecule has 0 N–H and O–H groups in total. The van der Waals surface area contributed by atoms with Crippen LogP contribution in [0.5, 0.6) is 11.5 Å². The molecule has 0 atom stereocenters. The van der Waals surface area contributed by atoms with Gasteiger partial charge in [0.15, 0.2) is 11.5 Å². The molecule has 0 amide bonds. The average molecular weight is 424 g/mol. The summed E-state index contributed by atoms with van der Waals surface area (Å²) in [6, 6.07) is 21.3. The Morgan fingerprint density at radius 1 is 0.719 bits per heavy atom. The van der Waals surface area contributed by atoms with Crippen LogP contribution < -0.4 is 9.47 Å². The zero-order valence-electron chi connectivity index (χ0n) is 18.2. The number of benzene rings is 3. The summed E-state index contributed by atoms with van der Waals surface area (Å²) in [7, 11) is 0. The van der Waals surface area contributed by atoms with Crippen molar-refractivity contribution in [3.8, 4) is 33.8 Å². The first-order valence-electron chi connectivity index (χ1n) is 10.0. The number of hydrogen-bond donors (Lipinski definition) is 0. The molecule has 0 saturated heterocycles. The summed E-state index contributed by atoms with van der Waals surface area (Å²) in [4.78, 5) is 23.7. The molecule has 0 bridgehead atoms. The van der Waals surface area contributed by atoms with Gasteiger partial charge in [-0.2, -0.15) is 0 Å². The third-order valence-electron chi connectivity index (χ3n) is 4.80. The van der Waals surface area contributed by atoms with Crippen LogP contribution >= 0.6 is 0 Å². The van der Waals surface area contributed by atoms with Crippen molar-refractivity contribution in [2.75, 3.05) is 0 Å². The summed E-state index contributed by atoms with van der Waals surface area (Å²) in [5.74, 6) is -0.994. The van der Waals surface area contributed by atoms with Crippen molar-refractivity contribution in [2.24, 2.45) is 0 Å². The summed E-state index contributed by atoms with van der Waals surface area (Å²) in [5.41, 5.74) is 6.27. The van der Waals surface area contributed by atoms with Crippen LogP contribution in [0.2, 0.25) is 0 Å². The number of ether oxygens (including phenoxy) is 2. The molecule has 3 rings (SSSR count). The number of allylic oxidation sites excluding steroid dienone is 1. The number of carbonyl (C=O) groups excluding carboxylic acids is 2. The second kappa shape index (κ2) is 9.75. The highest BCUT2D eigenvalue weighted by Gasteiger charge is 2.15. The van der Waals surface area contributed by atoms with Crippen molar-refractivity contribution in [3.05, 3.63) is 104 Å². The summed E-state index contributed by atoms with van der Waals surface area (Å²) >= 11 is 0. The molecule has 0 aliphatic rings. The minimum atomic E-state index is -0.650. The van der Waals surface area contributed by atoms with Crippen molar-refractivity contribution in [1.82, 2.24) is 0 Å². The van der Waals surface area contributed by atoms with E-state index in [-0.39, 0.29) is 17.1 Å². The van der Waals surface area contributed by atoms with Gasteiger partial charge in [0.2, 0.25) is 0 Å². The predicted octanol–water partition coefficient (Wildman–Crippen LogP) is 6.63. The Morgan fingerprint density at radius 2 is 1.22 bits per heavy atom. The number of carbonyl (C=O) groups is 2. The monoisotopic (exact) mass is 424 g/mol. The maximum absolute atomic E-state index is 11.9. The van der Waals surface area contributed by atoms with Crippen LogP contribution in [0.4, 0.5) is 0 Å². The summed E-state index contributed by atoms with van der Waals surface area (Å²) in [6.07, 6.45) is 1.05. The van der Waals surface area contributed by atoms with Crippen LogP contribution in [0.3, 0.4) is 0 Å². The first-order valence-corrected chi connectivity index (χ1v) is 10.0. The van der Waals surface area contributed by atoms with Gasteiger partial charge in [-0.05, 0) is 53.8 Å². The number of hydrogen-bond acceptors (Lipinski definition) is 4. The standard InChI is InChI=1S/C28H24O4/c1-6-27(29)31-26-17-24(15-16-25(26)32-28(30)19(4)5)23-13-11-22(12-14-23)21-9-7-20(8-10-21)18(2)3/h6-17H,1-2,4H2,3,5H3. The van der Waals surface area contributed by atoms with Crippen molar-refractivity contribution in [3.63, 3.8) is 0 Å². The molecule has 0 fully saturated rings. The van der Waals surface area contributed by atoms with E-state index in [1.807, 2.05) is 31.2 Å². The quantitative estimate of drug-likeness (QED) is 0.243. The van der Waals surface area contributed by atoms with Gasteiger partial charge in [0.25, 0.3) is 0 Å². The van der Waals surface area contributed by atoms with Crippen LogP contribution in [0.15, 0.2) is 98.1 Å². The SMILES string of the molecule is C=CC(=O)Oc1cc(-c2ccc(-c3ccc(C(=C)C)cc3)cc2)ccc1OC(=O)C(=C)C. The largest absolute Gasteiger partial charge is 0.419 e. The number of rotatable bonds is 7. The minimum absolute atomic E-state index is 0.126. The van der Waals surface area contributed by atoms with Gasteiger partial charge >= 0.3 is 11.9 Å². The summed E-state index contributed by atoms with van der Waals surface area (Å²) in [5, 5.41) is 0. The van der Waals surface area contributed by atoms with E-state index >= 15 is 0 Å². The van der Waals surface area contributed by atoms with E-state index in [9.17, 15) is 9.59 Å². The molecule has 0 aromatic heterocycles. The van der Waals surface area contributed by atoms with E-state index in [0.717, 1.165) is 39.5 Å². The van der Waals surface area contributed by atoms with Gasteiger partial charge in [-0.25, -0.2) is 9.59 Å². The Labute approximate surface area is 188 Å². The Kier molecular flexibility index (Phi) is 6.86. The number of esters is 2. The maximum Gasteiger partial charge on any atom is 0.338 e. The zero-order valence-corrected chi connectivity index (χ0v) is 18.2. The zero-order chi connectivity index (χ0) is 23.3. The molecule has 3 aromatic rings. The van der Waals surface area contributed by atoms with Gasteiger partial charge < -0.3 is 9.47 Å². The highest BCUT2D eigenvalue weighted by atomic mass is 16.6. The predicted molar refractivity (Wildman–Crippen MR) is 128 cm³/mol. The van der Waals surface area contributed by atoms with Crippen LogP contribution in [0.25, 0.3) is 27.8 Å². The van der Waals surface area contributed by atoms with Gasteiger partial charge in [0.1, 0.15) is 0 Å². The lowest BCUT2D eigenvalue weighted by Crippen LogP contribution is -2.11. The summed E-state index contributed by atoms with van der Waals surface area (Å²) < 4.78 is 10.6. The molecule has 3 aromatic carbocycles. The van der Waals surface area contributed by atoms with Crippen molar-refractivity contribution in [1.29, 1.82) is 0 Å². The third kappa shape index (κ3) is 5.29. The Bertz CT molecular complexity index is 1200. The van der Waals surface area contributed by atoms with Crippen LogP contribution in [0, 0.1) is 0 Å². The lowest BCUT2D eigenvalue weighted by atomic mass is 9.98. The molecule has 4 heteroatoms. The van der Waals surface area contributed by atoms with Crippen LogP contribution in [0.1, 0.15) is 19.4 Å². The van der Waals surface area contributed by atoms with E-state index in [1.165, 1.54) is 0 Å². The highest BCUT2D eigenvalue weighted by Crippen LogP contribution is 2.34. The third-order valence-corrected chi connectivity index (χ3v) is 4.80. The smallest absolute Gasteiger partial charge is 0.338 e. The Morgan fingerprint density at radius 3 is 1.72 bits per heavy atom. The second-order valence-corrected chi connectivity index (χ2v) is 7.39. The Balaban J connectivity index is 1.90. The molecule has 0 aliphatic heterocycles. The van der Waals surface area contributed by atoms with Gasteiger partial charge in [-0.1, -0.05) is 79.9 Å². The minimum Gasteiger partial charge on any atom is -0.419 e. The van der Waals surface area contributed by atoms with Gasteiger partial charge in [-0.3, -0.25) is 0 Å². The topological polar surface area (TPSA) is 52.6 Å². The first-order chi connectivity index (χ1) is 15.3. The molecular weight excluding hydrogens is 400 g/mol. The molecule has 0 heterocycles. The lowest BCUT2D eigenvalue weighted by molar-refractivity contribution is -0.132. The van der Waals surface area contributed by atoms with E-state index in [2.05, 4.69) is 44.0 Å². The molecular formula is C28H24O4. The molecule has 0 unspecified atom stereocenters. The molecule has 0 aliphatic carbocycles. The first kappa shape index (κ1) is 22.5. The van der Waals surface area contributed by atoms with E-state index in [1.54, 1.807) is 25.1 Å². The molecule has 0 spiro atoms. The normalized spacial score (nSPS) is 10.2. The van der Waals surface area contributed by atoms with Crippen molar-refractivity contribution < 1.29 is 19.1 Å². The van der Waals surface area contributed by atoms with E-state index in [0.29, 0.717) is 0 Å². The Hall–Kier alpha value is -4.18. The molecule has 4 nitrogen and oxygen atoms in total. The molecule has 160 valence electrons. The van der Waals surface area contributed by atoms with Crippen molar-refractivity contribution in [2.45, 2.75) is 13.8 Å². The maximum atomic E-state index is 11.9. The fraction of sp³-hybridized carbons (Fsp3) is 0.0714. The molecule has 32 heavy (non-hydrogen) atoms. The molecule has 0 saturated carbocycles. The fourth-order valence-electron chi connectivity index (χ4n) is 2.99. The van der Waals surface area contributed by atoms with Crippen molar-refractivity contribution >= 4 is 17.5 Å². The summed E-state index contributed by atoms with van der Waals surface area (Å²) in [6.45, 7) is 14.5. The average Bonchev–Trinajstić information content (AvgIpc) is 2.80. The second-order valence-electron chi connectivity index (χ2n) is 7.39. The highest BCUT2D eigenvalue weighted by molar-refractivity contribution is 5.90. The van der Waals surface area contributed by atoms with Gasteiger partial charge in [0, 0.05) is 11.6 Å². The van der Waals surface area contributed by atoms with Gasteiger partial charge in [0.05, 0.1) is 0 Å². The van der Waals surface area contributed by atoms with Gasteiger partial charge in [-0.15, -0.1) is 0 Å². The van der Waals surface area contributed by atoms with E-state index in [4.69, 9.17) is 9.47 Å². The fourth-order valence-corrected chi connectivity index (χ4v) is 2.99. The van der Waals surface area contributed by atoms with E-state index < -0.39 is 11.9 Å². The molecule has 0 radical (unpaired) electrons.